The van der Waals surface area contributed by atoms with Crippen LogP contribution in [0.1, 0.15) is 25.2 Å². The fourth-order valence-electron chi connectivity index (χ4n) is 1.81. The Morgan fingerprint density at radius 3 is 2.60 bits per heavy atom. The molecule has 1 heterocycles. The summed E-state index contributed by atoms with van der Waals surface area (Å²) in [5.74, 6) is 0. The summed E-state index contributed by atoms with van der Waals surface area (Å²) in [4.78, 5) is 12.9. The smallest absolute Gasteiger partial charge is 0.316 e. The molecule has 1 aromatic rings. The highest BCUT2D eigenvalue weighted by molar-refractivity contribution is 9.10. The first-order chi connectivity index (χ1) is 9.51. The predicted molar refractivity (Wildman–Crippen MR) is 83.8 cm³/mol. The SMILES string of the molecule is CCc1nn(CC)c(CNCCNC(=O)N(C)C)c1Br. The lowest BCUT2D eigenvalue weighted by molar-refractivity contribution is 0.217. The normalized spacial score (nSPS) is 10.7. The van der Waals surface area contributed by atoms with E-state index in [1.165, 1.54) is 4.90 Å². The van der Waals surface area contributed by atoms with Gasteiger partial charge in [0.15, 0.2) is 0 Å². The van der Waals surface area contributed by atoms with Crippen LogP contribution >= 0.6 is 15.9 Å². The van der Waals surface area contributed by atoms with Crippen LogP contribution in [-0.2, 0) is 19.5 Å². The van der Waals surface area contributed by atoms with Crippen LogP contribution in [0.15, 0.2) is 4.47 Å². The second kappa shape index (κ2) is 8.26. The van der Waals surface area contributed by atoms with Crippen molar-refractivity contribution in [2.75, 3.05) is 27.2 Å². The highest BCUT2D eigenvalue weighted by Gasteiger charge is 2.13. The van der Waals surface area contributed by atoms with Gasteiger partial charge in [0.05, 0.1) is 15.9 Å². The summed E-state index contributed by atoms with van der Waals surface area (Å²) in [5.41, 5.74) is 2.24. The van der Waals surface area contributed by atoms with Crippen LogP contribution in [0.25, 0.3) is 0 Å². The Kier molecular flexibility index (Phi) is 7.01. The van der Waals surface area contributed by atoms with E-state index in [0.717, 1.165) is 41.9 Å². The summed E-state index contributed by atoms with van der Waals surface area (Å²) < 4.78 is 3.10. The highest BCUT2D eigenvalue weighted by Crippen LogP contribution is 2.21. The summed E-state index contributed by atoms with van der Waals surface area (Å²) in [6.45, 7) is 7.10. The molecule has 0 aliphatic carbocycles. The lowest BCUT2D eigenvalue weighted by Gasteiger charge is -2.12. The van der Waals surface area contributed by atoms with Gasteiger partial charge in [0.1, 0.15) is 0 Å². The van der Waals surface area contributed by atoms with Crippen LogP contribution < -0.4 is 10.6 Å². The van der Waals surface area contributed by atoms with Gasteiger partial charge in [-0.1, -0.05) is 6.92 Å². The van der Waals surface area contributed by atoms with Crippen molar-refractivity contribution >= 4 is 22.0 Å². The van der Waals surface area contributed by atoms with Crippen molar-refractivity contribution in [3.8, 4) is 0 Å². The zero-order valence-corrected chi connectivity index (χ0v) is 14.2. The minimum absolute atomic E-state index is 0.0696. The van der Waals surface area contributed by atoms with Crippen molar-refractivity contribution in [2.45, 2.75) is 33.4 Å². The quantitative estimate of drug-likeness (QED) is 0.737. The number of hydrogen-bond acceptors (Lipinski definition) is 3. The monoisotopic (exact) mass is 345 g/mol. The molecule has 2 amide bonds. The van der Waals surface area contributed by atoms with E-state index in [9.17, 15) is 4.79 Å². The fourth-order valence-corrected chi connectivity index (χ4v) is 2.51. The van der Waals surface area contributed by atoms with Crippen LogP contribution in [0.4, 0.5) is 4.79 Å². The van der Waals surface area contributed by atoms with Gasteiger partial charge in [-0.2, -0.15) is 5.10 Å². The summed E-state index contributed by atoms with van der Waals surface area (Å²) in [6.07, 6.45) is 0.916. The maximum Gasteiger partial charge on any atom is 0.316 e. The highest BCUT2D eigenvalue weighted by atomic mass is 79.9. The first-order valence-corrected chi connectivity index (χ1v) is 7.70. The van der Waals surface area contributed by atoms with Gasteiger partial charge in [-0.15, -0.1) is 0 Å². The van der Waals surface area contributed by atoms with Crippen molar-refractivity contribution in [3.05, 3.63) is 15.9 Å². The van der Waals surface area contributed by atoms with Crippen LogP contribution in [0.3, 0.4) is 0 Å². The molecule has 0 saturated carbocycles. The molecule has 0 fully saturated rings. The van der Waals surface area contributed by atoms with Gasteiger partial charge in [-0.25, -0.2) is 4.79 Å². The van der Waals surface area contributed by atoms with Gasteiger partial charge in [-0.3, -0.25) is 4.68 Å². The van der Waals surface area contributed by atoms with Gasteiger partial charge >= 0.3 is 6.03 Å². The minimum atomic E-state index is -0.0696. The molecule has 0 spiro atoms. The lowest BCUT2D eigenvalue weighted by atomic mass is 10.3. The zero-order valence-electron chi connectivity index (χ0n) is 12.7. The standard InChI is InChI=1S/C13H24BrN5O/c1-5-10-12(14)11(19(6-2)17-10)9-15-7-8-16-13(20)18(3)4/h15H,5-9H2,1-4H3,(H,16,20). The Morgan fingerprint density at radius 2 is 2.05 bits per heavy atom. The number of nitrogens with zero attached hydrogens (tertiary/aromatic N) is 3. The third-order valence-corrected chi connectivity index (χ3v) is 3.89. The molecule has 2 N–H and O–H groups in total. The topological polar surface area (TPSA) is 62.2 Å². The maximum atomic E-state index is 11.3. The number of urea groups is 1. The van der Waals surface area contributed by atoms with E-state index in [2.05, 4.69) is 45.5 Å². The fraction of sp³-hybridized carbons (Fsp3) is 0.692. The number of aromatic nitrogens is 2. The van der Waals surface area contributed by atoms with Crippen molar-refractivity contribution in [1.29, 1.82) is 0 Å². The molecule has 0 aliphatic heterocycles. The molecule has 1 aromatic heterocycles. The third-order valence-electron chi connectivity index (χ3n) is 2.97. The van der Waals surface area contributed by atoms with Gasteiger partial charge in [0.2, 0.25) is 0 Å². The third kappa shape index (κ3) is 4.49. The van der Waals surface area contributed by atoms with Gasteiger partial charge in [0, 0.05) is 40.3 Å². The number of hydrogen-bond donors (Lipinski definition) is 2. The first-order valence-electron chi connectivity index (χ1n) is 6.91. The first kappa shape index (κ1) is 17.0. The summed E-state index contributed by atoms with van der Waals surface area (Å²) in [6, 6.07) is -0.0696. The number of carbonyl (C=O) groups is 1. The van der Waals surface area contributed by atoms with Crippen LogP contribution in [0.2, 0.25) is 0 Å². The summed E-state index contributed by atoms with van der Waals surface area (Å²) >= 11 is 3.61. The number of amides is 2. The second-order valence-corrected chi connectivity index (χ2v) is 5.47. The number of nitrogens with one attached hydrogen (secondary N) is 2. The molecule has 1 rings (SSSR count). The lowest BCUT2D eigenvalue weighted by Crippen LogP contribution is -2.38. The van der Waals surface area contributed by atoms with E-state index < -0.39 is 0 Å². The largest absolute Gasteiger partial charge is 0.337 e. The maximum absolute atomic E-state index is 11.3. The Morgan fingerprint density at radius 1 is 1.35 bits per heavy atom. The summed E-state index contributed by atoms with van der Waals surface area (Å²) in [7, 11) is 3.46. The average Bonchev–Trinajstić information content (AvgIpc) is 2.74. The van der Waals surface area contributed by atoms with Crippen molar-refractivity contribution in [1.82, 2.24) is 25.3 Å². The average molecular weight is 346 g/mol. The van der Waals surface area contributed by atoms with E-state index in [1.54, 1.807) is 14.1 Å². The van der Waals surface area contributed by atoms with E-state index >= 15 is 0 Å². The second-order valence-electron chi connectivity index (χ2n) is 4.68. The molecule has 6 nitrogen and oxygen atoms in total. The molecule has 0 saturated heterocycles. The van der Waals surface area contributed by atoms with E-state index in [0.29, 0.717) is 6.54 Å². The molecule has 0 radical (unpaired) electrons. The number of halogens is 1. The predicted octanol–water partition coefficient (Wildman–Crippen LogP) is 1.59. The van der Waals surface area contributed by atoms with E-state index in [1.807, 2.05) is 4.68 Å². The van der Waals surface area contributed by atoms with E-state index in [-0.39, 0.29) is 6.03 Å². The van der Waals surface area contributed by atoms with Crippen LogP contribution in [0.5, 0.6) is 0 Å². The Bertz CT molecular complexity index is 444. The molecule has 0 aromatic carbocycles. The molecule has 0 aliphatic rings. The summed E-state index contributed by atoms with van der Waals surface area (Å²) in [5, 5.41) is 10.7. The number of rotatable bonds is 7. The van der Waals surface area contributed by atoms with Crippen LogP contribution in [0, 0.1) is 0 Å². The van der Waals surface area contributed by atoms with Gasteiger partial charge in [-0.05, 0) is 29.3 Å². The molecule has 114 valence electrons. The number of aryl methyl sites for hydroxylation is 2. The Hall–Kier alpha value is -1.08. The molecule has 20 heavy (non-hydrogen) atoms. The Labute approximate surface area is 129 Å². The molecule has 7 heteroatoms. The molecule has 0 unspecified atom stereocenters. The van der Waals surface area contributed by atoms with Gasteiger partial charge in [0.25, 0.3) is 0 Å². The van der Waals surface area contributed by atoms with Crippen LogP contribution in [-0.4, -0.2) is 47.9 Å². The van der Waals surface area contributed by atoms with Crippen molar-refractivity contribution in [3.63, 3.8) is 0 Å². The van der Waals surface area contributed by atoms with Gasteiger partial charge < -0.3 is 15.5 Å². The molecular formula is C13H24BrN5O. The van der Waals surface area contributed by atoms with E-state index in [4.69, 9.17) is 0 Å². The van der Waals surface area contributed by atoms with Crippen molar-refractivity contribution < 1.29 is 4.79 Å². The van der Waals surface area contributed by atoms with Crippen molar-refractivity contribution in [2.24, 2.45) is 0 Å². The minimum Gasteiger partial charge on any atom is -0.337 e. The molecular weight excluding hydrogens is 322 g/mol. The Balaban J connectivity index is 2.42. The molecule has 0 atom stereocenters. The zero-order chi connectivity index (χ0) is 15.1. The number of carbonyl (C=O) groups excluding carboxylic acids is 1. The molecule has 0 bridgehead atoms.